The topological polar surface area (TPSA) is 190 Å². The van der Waals surface area contributed by atoms with E-state index in [9.17, 15) is 19.2 Å². The summed E-state index contributed by atoms with van der Waals surface area (Å²) in [5.74, 6) is 10.8. The third-order valence-electron chi connectivity index (χ3n) is 3.53. The van der Waals surface area contributed by atoms with Crippen LogP contribution in [0.3, 0.4) is 0 Å². The van der Waals surface area contributed by atoms with Crippen LogP contribution in [-0.2, 0) is 0 Å². The van der Waals surface area contributed by atoms with Gasteiger partial charge in [0, 0.05) is 12.6 Å². The Labute approximate surface area is 186 Å². The van der Waals surface area contributed by atoms with Gasteiger partial charge in [0.2, 0.25) is 10.3 Å². The van der Waals surface area contributed by atoms with Crippen LogP contribution in [0.15, 0.2) is 19.9 Å². The third kappa shape index (κ3) is 6.81. The number of nitrogens with one attached hydrogen (secondary N) is 2. The predicted molar refractivity (Wildman–Crippen MR) is 120 cm³/mol. The van der Waals surface area contributed by atoms with Crippen LogP contribution in [-0.4, -0.2) is 66.1 Å². The molecule has 2 heterocycles. The zero-order chi connectivity index (χ0) is 23.7. The largest absolute Gasteiger partial charge is 0.374 e. The first kappa shape index (κ1) is 26.2. The van der Waals surface area contributed by atoms with Crippen LogP contribution in [0.4, 0.5) is 9.59 Å². The van der Waals surface area contributed by atoms with Crippen molar-refractivity contribution in [2.24, 2.45) is 0 Å². The Hall–Kier alpha value is -2.88. The molecule has 2 rings (SSSR count). The van der Waals surface area contributed by atoms with E-state index in [0.29, 0.717) is 21.5 Å². The van der Waals surface area contributed by atoms with Gasteiger partial charge in [-0.05, 0) is 32.8 Å². The molecular formula is C15H28N10O4S2. The molecule has 6 N–H and O–H groups in total. The fourth-order valence-electron chi connectivity index (χ4n) is 2.02. The van der Waals surface area contributed by atoms with Gasteiger partial charge >= 0.3 is 23.4 Å². The van der Waals surface area contributed by atoms with Crippen LogP contribution in [0.2, 0.25) is 0 Å². The van der Waals surface area contributed by atoms with Gasteiger partial charge in [-0.3, -0.25) is 0 Å². The first-order valence-corrected chi connectivity index (χ1v) is 11.6. The standard InChI is InChI=1S/C8H15N5O2S.C7H13N5O2S/c1-3-4-5-10-6(14)13-8(15)12(9)7(11-13)16-2;1-4(2)9-5(13)12-7(14)11(8)6(10-12)15-3/h3-5,9H2,1-2H3,(H,10,14);4H,8H2,1-3H3,(H,9,13). The summed E-state index contributed by atoms with van der Waals surface area (Å²) in [6.07, 6.45) is 5.27. The normalized spacial score (nSPS) is 10.5. The summed E-state index contributed by atoms with van der Waals surface area (Å²) in [6.45, 7) is 6.11. The van der Waals surface area contributed by atoms with Crippen molar-refractivity contribution >= 4 is 35.6 Å². The van der Waals surface area contributed by atoms with Gasteiger partial charge in [0.25, 0.3) is 0 Å². The van der Waals surface area contributed by atoms with Crippen molar-refractivity contribution in [3.05, 3.63) is 21.0 Å². The molecule has 0 saturated heterocycles. The second kappa shape index (κ2) is 12.1. The fraction of sp³-hybridized carbons (Fsp3) is 0.600. The first-order chi connectivity index (χ1) is 14.6. The average Bonchev–Trinajstić information content (AvgIpc) is 3.18. The van der Waals surface area contributed by atoms with Crippen molar-refractivity contribution in [3.8, 4) is 0 Å². The lowest BCUT2D eigenvalue weighted by Crippen LogP contribution is -2.41. The van der Waals surface area contributed by atoms with E-state index in [4.69, 9.17) is 11.7 Å². The number of hydrogen-bond donors (Lipinski definition) is 4. The molecule has 0 unspecified atom stereocenters. The molecule has 2 amide bonds. The Balaban J connectivity index is 0.000000311. The number of nitrogen functional groups attached to an aromatic ring is 2. The molecule has 0 aliphatic carbocycles. The summed E-state index contributed by atoms with van der Waals surface area (Å²) in [4.78, 5) is 45.9. The molecule has 2 aromatic rings. The van der Waals surface area contributed by atoms with Crippen molar-refractivity contribution in [1.82, 2.24) is 39.5 Å². The lowest BCUT2D eigenvalue weighted by atomic mass is 10.3. The molecule has 0 spiro atoms. The molecule has 16 heteroatoms. The monoisotopic (exact) mass is 476 g/mol. The molecule has 0 bridgehead atoms. The highest BCUT2D eigenvalue weighted by atomic mass is 32.2. The second-order valence-corrected chi connectivity index (χ2v) is 7.84. The molecule has 0 aromatic carbocycles. The van der Waals surface area contributed by atoms with Gasteiger partial charge in [-0.25, -0.2) is 19.2 Å². The minimum Gasteiger partial charge on any atom is -0.336 e. The highest BCUT2D eigenvalue weighted by Gasteiger charge is 2.17. The van der Waals surface area contributed by atoms with Crippen LogP contribution in [0.5, 0.6) is 0 Å². The van der Waals surface area contributed by atoms with E-state index < -0.39 is 23.4 Å². The molecule has 0 aliphatic rings. The molecule has 14 nitrogen and oxygen atoms in total. The molecule has 0 atom stereocenters. The van der Waals surface area contributed by atoms with Gasteiger partial charge in [0.15, 0.2) is 0 Å². The third-order valence-corrected chi connectivity index (χ3v) is 4.81. The molecule has 0 fully saturated rings. The SMILES string of the molecule is CCCCNC(=O)n1nc(SC)n(N)c1=O.CSc1nn(C(=O)NC(C)C)c(=O)n1N. The van der Waals surface area contributed by atoms with E-state index in [0.717, 1.165) is 26.9 Å². The van der Waals surface area contributed by atoms with Crippen molar-refractivity contribution in [2.45, 2.75) is 50.0 Å². The maximum Gasteiger partial charge on any atom is 0.374 e. The van der Waals surface area contributed by atoms with Gasteiger partial charge in [-0.1, -0.05) is 36.9 Å². The number of nitrogens with zero attached hydrogens (tertiary/aromatic N) is 6. The number of carbonyl (C=O) groups is 2. The predicted octanol–water partition coefficient (Wildman–Crippen LogP) is -0.715. The molecule has 0 aliphatic heterocycles. The first-order valence-electron chi connectivity index (χ1n) is 9.20. The number of aromatic nitrogens is 6. The van der Waals surface area contributed by atoms with E-state index in [2.05, 4.69) is 20.8 Å². The second-order valence-electron chi connectivity index (χ2n) is 6.29. The summed E-state index contributed by atoms with van der Waals surface area (Å²) >= 11 is 2.39. The Bertz CT molecular complexity index is 1010. The van der Waals surface area contributed by atoms with Crippen LogP contribution < -0.4 is 33.7 Å². The van der Waals surface area contributed by atoms with E-state index in [1.165, 1.54) is 23.5 Å². The zero-order valence-electron chi connectivity index (χ0n) is 18.0. The van der Waals surface area contributed by atoms with Gasteiger partial charge in [0.1, 0.15) is 0 Å². The minimum atomic E-state index is -0.655. The van der Waals surface area contributed by atoms with E-state index in [-0.39, 0.29) is 6.04 Å². The highest BCUT2D eigenvalue weighted by molar-refractivity contribution is 7.98. The number of nitrogens with two attached hydrogens (primary N) is 2. The molecule has 174 valence electrons. The minimum absolute atomic E-state index is 0.0648. The zero-order valence-corrected chi connectivity index (χ0v) is 19.6. The quantitative estimate of drug-likeness (QED) is 0.235. The molecule has 31 heavy (non-hydrogen) atoms. The Morgan fingerprint density at radius 2 is 1.42 bits per heavy atom. The maximum atomic E-state index is 11.5. The lowest BCUT2D eigenvalue weighted by molar-refractivity contribution is 0.235. The molecule has 0 saturated carbocycles. The number of unbranched alkanes of at least 4 members (excludes halogenated alkanes) is 1. The van der Waals surface area contributed by atoms with Gasteiger partial charge in [0.05, 0.1) is 0 Å². The Morgan fingerprint density at radius 1 is 0.968 bits per heavy atom. The lowest BCUT2D eigenvalue weighted by Gasteiger charge is -2.05. The highest BCUT2D eigenvalue weighted by Crippen LogP contribution is 2.06. The van der Waals surface area contributed by atoms with Gasteiger partial charge < -0.3 is 22.3 Å². The molecule has 2 aromatic heterocycles. The number of amides is 2. The fourth-order valence-corrected chi connectivity index (χ4v) is 2.89. The Morgan fingerprint density at radius 3 is 1.77 bits per heavy atom. The number of thioether (sulfide) groups is 2. The molecular weight excluding hydrogens is 448 g/mol. The van der Waals surface area contributed by atoms with Crippen molar-refractivity contribution in [2.75, 3.05) is 30.7 Å². The summed E-state index contributed by atoms with van der Waals surface area (Å²) in [7, 11) is 0. The van der Waals surface area contributed by atoms with E-state index >= 15 is 0 Å². The smallest absolute Gasteiger partial charge is 0.336 e. The van der Waals surface area contributed by atoms with Crippen LogP contribution in [0, 0.1) is 0 Å². The van der Waals surface area contributed by atoms with Gasteiger partial charge in [-0.15, -0.1) is 19.6 Å². The van der Waals surface area contributed by atoms with Crippen LogP contribution in [0.25, 0.3) is 0 Å². The van der Waals surface area contributed by atoms with E-state index in [1.54, 1.807) is 26.4 Å². The van der Waals surface area contributed by atoms with Crippen molar-refractivity contribution in [3.63, 3.8) is 0 Å². The van der Waals surface area contributed by atoms with Crippen LogP contribution in [0.1, 0.15) is 33.6 Å². The van der Waals surface area contributed by atoms with Gasteiger partial charge in [-0.2, -0.15) is 9.35 Å². The van der Waals surface area contributed by atoms with Crippen LogP contribution >= 0.6 is 23.5 Å². The summed E-state index contributed by atoms with van der Waals surface area (Å²) in [6, 6.07) is -1.18. The number of carbonyl (C=O) groups excluding carboxylic acids is 2. The van der Waals surface area contributed by atoms with E-state index in [1.807, 2.05) is 6.92 Å². The number of hydrogen-bond acceptors (Lipinski definition) is 10. The van der Waals surface area contributed by atoms with Crippen molar-refractivity contribution < 1.29 is 9.59 Å². The average molecular weight is 477 g/mol. The Kier molecular flexibility index (Phi) is 10.2. The molecule has 0 radical (unpaired) electrons. The summed E-state index contributed by atoms with van der Waals surface area (Å²) in [5, 5.41) is 13.3. The number of rotatable bonds is 6. The maximum absolute atomic E-state index is 11.5. The van der Waals surface area contributed by atoms with Crippen molar-refractivity contribution in [1.29, 1.82) is 0 Å². The summed E-state index contributed by atoms with van der Waals surface area (Å²) < 4.78 is 3.14. The summed E-state index contributed by atoms with van der Waals surface area (Å²) in [5.41, 5.74) is -1.30.